The Morgan fingerprint density at radius 2 is 1.84 bits per heavy atom. The molecule has 1 aromatic carbocycles. The molecule has 0 amide bonds. The van der Waals surface area contributed by atoms with E-state index in [1.54, 1.807) is 6.08 Å². The maximum absolute atomic E-state index is 5.53. The van der Waals surface area contributed by atoms with E-state index in [1.165, 1.54) is 44.1 Å². The zero-order chi connectivity index (χ0) is 13.5. The molecule has 1 nitrogen and oxygen atoms in total. The fourth-order valence-electron chi connectivity index (χ4n) is 3.18. The molecule has 104 valence electrons. The number of hydrogen-bond acceptors (Lipinski definition) is 1. The van der Waals surface area contributed by atoms with E-state index >= 15 is 0 Å². The van der Waals surface area contributed by atoms with Crippen molar-refractivity contribution in [1.29, 1.82) is 0 Å². The van der Waals surface area contributed by atoms with Crippen LogP contribution in [0.5, 0.6) is 5.75 Å². The molecule has 0 bridgehead atoms. The van der Waals surface area contributed by atoms with Crippen LogP contribution in [0.4, 0.5) is 0 Å². The van der Waals surface area contributed by atoms with E-state index in [2.05, 4.69) is 37.8 Å². The first kappa shape index (κ1) is 14.2. The lowest BCUT2D eigenvalue weighted by atomic mass is 9.77. The zero-order valence-corrected chi connectivity index (χ0v) is 12.1. The van der Waals surface area contributed by atoms with Gasteiger partial charge in [-0.25, -0.2) is 0 Å². The minimum absolute atomic E-state index is 0.585. The molecule has 1 aliphatic rings. The van der Waals surface area contributed by atoms with Crippen LogP contribution in [0.1, 0.15) is 56.9 Å². The van der Waals surface area contributed by atoms with Crippen LogP contribution in [0, 0.1) is 5.92 Å². The molecule has 0 saturated heterocycles. The Morgan fingerprint density at radius 3 is 2.42 bits per heavy atom. The molecule has 0 atom stereocenters. The third kappa shape index (κ3) is 4.12. The standard InChI is InChI=1S/C18H26O/c1-3-5-15-6-8-16(9-7-15)17-10-12-18(13-11-17)19-14-4-2/h4,10-13,15-16H,2-3,5-9,14H2,1H3. The lowest BCUT2D eigenvalue weighted by molar-refractivity contribution is 0.308. The minimum atomic E-state index is 0.585. The van der Waals surface area contributed by atoms with Gasteiger partial charge >= 0.3 is 0 Å². The second-order valence-electron chi connectivity index (χ2n) is 5.68. The van der Waals surface area contributed by atoms with Crippen LogP contribution in [0.15, 0.2) is 36.9 Å². The first-order chi connectivity index (χ1) is 9.33. The molecule has 0 unspecified atom stereocenters. The average molecular weight is 258 g/mol. The predicted octanol–water partition coefficient (Wildman–Crippen LogP) is 5.33. The third-order valence-electron chi connectivity index (χ3n) is 4.26. The van der Waals surface area contributed by atoms with Crippen molar-refractivity contribution in [2.75, 3.05) is 6.61 Å². The topological polar surface area (TPSA) is 9.23 Å². The van der Waals surface area contributed by atoms with Crippen molar-refractivity contribution in [3.63, 3.8) is 0 Å². The van der Waals surface area contributed by atoms with Gasteiger partial charge in [0.2, 0.25) is 0 Å². The van der Waals surface area contributed by atoms with E-state index < -0.39 is 0 Å². The normalized spacial score (nSPS) is 23.0. The Labute approximate surface area is 117 Å². The van der Waals surface area contributed by atoms with Gasteiger partial charge in [-0.15, -0.1) is 0 Å². The van der Waals surface area contributed by atoms with Crippen molar-refractivity contribution in [1.82, 2.24) is 0 Å². The van der Waals surface area contributed by atoms with E-state index in [4.69, 9.17) is 4.74 Å². The highest BCUT2D eigenvalue weighted by Crippen LogP contribution is 2.37. The highest BCUT2D eigenvalue weighted by molar-refractivity contribution is 5.29. The lowest BCUT2D eigenvalue weighted by Gasteiger charge is -2.28. The summed E-state index contributed by atoms with van der Waals surface area (Å²) in [7, 11) is 0. The first-order valence-electron chi connectivity index (χ1n) is 7.67. The second-order valence-corrected chi connectivity index (χ2v) is 5.68. The minimum Gasteiger partial charge on any atom is -0.490 e. The van der Waals surface area contributed by atoms with Gasteiger partial charge in [0.1, 0.15) is 12.4 Å². The van der Waals surface area contributed by atoms with Crippen molar-refractivity contribution in [2.45, 2.75) is 51.4 Å². The molecule has 0 heterocycles. The summed E-state index contributed by atoms with van der Waals surface area (Å²) in [4.78, 5) is 0. The molecule has 1 heteroatoms. The molecular weight excluding hydrogens is 232 g/mol. The maximum atomic E-state index is 5.53. The highest BCUT2D eigenvalue weighted by Gasteiger charge is 2.21. The fraction of sp³-hybridized carbons (Fsp3) is 0.556. The van der Waals surface area contributed by atoms with Crippen molar-refractivity contribution < 1.29 is 4.74 Å². The fourth-order valence-corrected chi connectivity index (χ4v) is 3.18. The van der Waals surface area contributed by atoms with Gasteiger partial charge < -0.3 is 4.74 Å². The number of ether oxygens (including phenoxy) is 1. The Hall–Kier alpha value is -1.24. The van der Waals surface area contributed by atoms with E-state index in [9.17, 15) is 0 Å². The van der Waals surface area contributed by atoms with Crippen molar-refractivity contribution in [2.24, 2.45) is 5.92 Å². The van der Waals surface area contributed by atoms with Gasteiger partial charge in [0.15, 0.2) is 0 Å². The van der Waals surface area contributed by atoms with Gasteiger partial charge in [-0.1, -0.05) is 44.6 Å². The van der Waals surface area contributed by atoms with Crippen LogP contribution >= 0.6 is 0 Å². The Morgan fingerprint density at radius 1 is 1.16 bits per heavy atom. The highest BCUT2D eigenvalue weighted by atomic mass is 16.5. The van der Waals surface area contributed by atoms with Crippen LogP contribution in [0.3, 0.4) is 0 Å². The van der Waals surface area contributed by atoms with Gasteiger partial charge in [-0.2, -0.15) is 0 Å². The summed E-state index contributed by atoms with van der Waals surface area (Å²) in [5.41, 5.74) is 1.49. The molecule has 0 radical (unpaired) electrons. The molecule has 1 aromatic rings. The summed E-state index contributed by atoms with van der Waals surface area (Å²) < 4.78 is 5.53. The van der Waals surface area contributed by atoms with E-state index in [0.717, 1.165) is 17.6 Å². The molecule has 0 aliphatic heterocycles. The molecule has 1 aliphatic carbocycles. The molecule has 0 N–H and O–H groups in total. The molecule has 2 rings (SSSR count). The SMILES string of the molecule is C=CCOc1ccc(C2CCC(CCC)CC2)cc1. The van der Waals surface area contributed by atoms with Gasteiger partial charge in [0.25, 0.3) is 0 Å². The van der Waals surface area contributed by atoms with Crippen LogP contribution in [0.25, 0.3) is 0 Å². The molecule has 1 fully saturated rings. The van der Waals surface area contributed by atoms with E-state index in [-0.39, 0.29) is 0 Å². The van der Waals surface area contributed by atoms with Crippen LogP contribution < -0.4 is 4.74 Å². The predicted molar refractivity (Wildman–Crippen MR) is 81.7 cm³/mol. The number of rotatable bonds is 6. The summed E-state index contributed by atoms with van der Waals surface area (Å²) in [6.07, 6.45) is 10.1. The molecule has 0 aromatic heterocycles. The van der Waals surface area contributed by atoms with Crippen LogP contribution in [-0.2, 0) is 0 Å². The second kappa shape index (κ2) is 7.37. The van der Waals surface area contributed by atoms with E-state index in [0.29, 0.717) is 6.61 Å². The number of hydrogen-bond donors (Lipinski definition) is 0. The Kier molecular flexibility index (Phi) is 5.50. The maximum Gasteiger partial charge on any atom is 0.119 e. The van der Waals surface area contributed by atoms with Gasteiger partial charge in [0, 0.05) is 0 Å². The van der Waals surface area contributed by atoms with Crippen LogP contribution in [0.2, 0.25) is 0 Å². The van der Waals surface area contributed by atoms with Gasteiger partial charge in [0.05, 0.1) is 0 Å². The smallest absolute Gasteiger partial charge is 0.119 e. The van der Waals surface area contributed by atoms with Crippen molar-refractivity contribution in [3.8, 4) is 5.75 Å². The molecule has 19 heavy (non-hydrogen) atoms. The van der Waals surface area contributed by atoms with Gasteiger partial charge in [-0.05, 0) is 55.2 Å². The lowest BCUT2D eigenvalue weighted by Crippen LogP contribution is -2.13. The average Bonchev–Trinajstić information content (AvgIpc) is 2.47. The third-order valence-corrected chi connectivity index (χ3v) is 4.26. The first-order valence-corrected chi connectivity index (χ1v) is 7.67. The van der Waals surface area contributed by atoms with Gasteiger partial charge in [-0.3, -0.25) is 0 Å². The summed E-state index contributed by atoms with van der Waals surface area (Å²) >= 11 is 0. The number of benzene rings is 1. The largest absolute Gasteiger partial charge is 0.490 e. The molecule has 0 spiro atoms. The van der Waals surface area contributed by atoms with Crippen molar-refractivity contribution in [3.05, 3.63) is 42.5 Å². The summed E-state index contributed by atoms with van der Waals surface area (Å²) in [5, 5.41) is 0. The van der Waals surface area contributed by atoms with Crippen LogP contribution in [-0.4, -0.2) is 6.61 Å². The monoisotopic (exact) mass is 258 g/mol. The quantitative estimate of drug-likeness (QED) is 0.627. The Balaban J connectivity index is 1.87. The molecule has 1 saturated carbocycles. The summed E-state index contributed by atoms with van der Waals surface area (Å²) in [5.74, 6) is 2.70. The zero-order valence-electron chi connectivity index (χ0n) is 12.1. The summed E-state index contributed by atoms with van der Waals surface area (Å²) in [6, 6.07) is 8.67. The molecular formula is C18H26O. The van der Waals surface area contributed by atoms with E-state index in [1.807, 2.05) is 0 Å². The van der Waals surface area contributed by atoms with Crippen molar-refractivity contribution >= 4 is 0 Å². The summed E-state index contributed by atoms with van der Waals surface area (Å²) in [6.45, 7) is 6.55. The Bertz CT molecular complexity index is 371.